The summed E-state index contributed by atoms with van der Waals surface area (Å²) >= 11 is 4.42. The third-order valence-electron chi connectivity index (χ3n) is 2.94. The third-order valence-corrected chi connectivity index (χ3v) is 5.29. The molecule has 1 heterocycles. The minimum Gasteiger partial charge on any atom is -0.285 e. The smallest absolute Gasteiger partial charge is 0.0646 e. The van der Waals surface area contributed by atoms with Gasteiger partial charge in [-0.1, -0.05) is 23.9 Å². The first-order valence-electron chi connectivity index (χ1n) is 5.31. The van der Waals surface area contributed by atoms with Crippen LogP contribution in [0.4, 0.5) is 5.69 Å². The molecule has 3 heteroatoms. The second-order valence-corrected chi connectivity index (χ2v) is 6.03. The van der Waals surface area contributed by atoms with E-state index in [-0.39, 0.29) is 0 Å². The number of allylic oxidation sites excluding steroid dienone is 2. The Kier molecular flexibility index (Phi) is 2.68. The van der Waals surface area contributed by atoms with Crippen molar-refractivity contribution in [3.05, 3.63) is 34.9 Å². The zero-order valence-electron chi connectivity index (χ0n) is 8.37. The van der Waals surface area contributed by atoms with Crippen molar-refractivity contribution in [2.75, 3.05) is 3.11 Å². The molecule has 15 heavy (non-hydrogen) atoms. The molecule has 0 atom stereocenters. The topological polar surface area (TPSA) is 3.24 Å². The molecule has 0 radical (unpaired) electrons. The van der Waals surface area contributed by atoms with Crippen LogP contribution in [0.25, 0.3) is 0 Å². The molecule has 1 nitrogen and oxygen atoms in total. The Hall–Kier alpha value is -0.160. The molecular formula is C12H12INS. The number of para-hydroxylation sites is 1. The third kappa shape index (κ3) is 1.69. The largest absolute Gasteiger partial charge is 0.285 e. The van der Waals surface area contributed by atoms with E-state index in [0.717, 1.165) is 0 Å². The van der Waals surface area contributed by atoms with Gasteiger partial charge in [-0.3, -0.25) is 3.11 Å². The fraction of sp³-hybridized carbons (Fsp3) is 0.333. The second-order valence-electron chi connectivity index (χ2n) is 3.93. The summed E-state index contributed by atoms with van der Waals surface area (Å²) in [5.74, 6) is 0. The number of anilines is 1. The van der Waals surface area contributed by atoms with Gasteiger partial charge in [0.15, 0.2) is 0 Å². The first-order valence-corrected chi connectivity index (χ1v) is 7.09. The Morgan fingerprint density at radius 3 is 2.87 bits per heavy atom. The summed E-state index contributed by atoms with van der Waals surface area (Å²) < 4.78 is 2.36. The van der Waals surface area contributed by atoms with Gasteiger partial charge in [-0.25, -0.2) is 0 Å². The molecule has 1 aliphatic heterocycles. The predicted molar refractivity (Wildman–Crippen MR) is 74.3 cm³/mol. The van der Waals surface area contributed by atoms with Gasteiger partial charge in [0.05, 0.1) is 28.6 Å². The van der Waals surface area contributed by atoms with Crippen molar-refractivity contribution in [2.45, 2.75) is 30.6 Å². The highest BCUT2D eigenvalue weighted by Crippen LogP contribution is 2.49. The molecule has 0 saturated heterocycles. The summed E-state index contributed by atoms with van der Waals surface area (Å²) in [5.41, 5.74) is 2.91. The van der Waals surface area contributed by atoms with Crippen LogP contribution in [0.2, 0.25) is 0 Å². The second kappa shape index (κ2) is 4.01. The lowest BCUT2D eigenvalue weighted by Crippen LogP contribution is -2.17. The van der Waals surface area contributed by atoms with Crippen LogP contribution in [0.15, 0.2) is 39.8 Å². The Balaban J connectivity index is 2.07. The number of hydrogen-bond acceptors (Lipinski definition) is 2. The van der Waals surface area contributed by atoms with Gasteiger partial charge >= 0.3 is 0 Å². The number of rotatable bonds is 0. The molecule has 3 rings (SSSR count). The molecule has 1 aromatic carbocycles. The Bertz CT molecular complexity index is 427. The molecule has 1 aromatic rings. The SMILES string of the molecule is IN1C2=C(CCCC2)Sc2ccccc21. The van der Waals surface area contributed by atoms with Crippen molar-refractivity contribution >= 4 is 40.3 Å². The Morgan fingerprint density at radius 2 is 1.93 bits per heavy atom. The first-order chi connectivity index (χ1) is 7.36. The number of nitrogens with zero attached hydrogens (tertiary/aromatic N) is 1. The summed E-state index contributed by atoms with van der Waals surface area (Å²) in [7, 11) is 0. The Morgan fingerprint density at radius 1 is 1.13 bits per heavy atom. The van der Waals surface area contributed by atoms with Crippen LogP contribution >= 0.6 is 34.6 Å². The summed E-state index contributed by atoms with van der Waals surface area (Å²) in [5, 5.41) is 0. The lowest BCUT2D eigenvalue weighted by atomic mass is 10.0. The standard InChI is InChI=1S/C12H12INS/c13-14-9-5-1-3-7-11(9)15-12-8-4-2-6-10(12)14/h1,3,5,7H,2,4,6,8H2. The van der Waals surface area contributed by atoms with E-state index in [1.54, 1.807) is 10.6 Å². The van der Waals surface area contributed by atoms with E-state index in [1.807, 2.05) is 11.8 Å². The molecule has 0 unspecified atom stereocenters. The monoisotopic (exact) mass is 329 g/mol. The van der Waals surface area contributed by atoms with Crippen molar-refractivity contribution in [2.24, 2.45) is 0 Å². The Labute approximate surface area is 108 Å². The molecule has 0 bridgehead atoms. The zero-order valence-corrected chi connectivity index (χ0v) is 11.3. The maximum atomic E-state index is 2.44. The molecule has 0 spiro atoms. The van der Waals surface area contributed by atoms with Crippen LogP contribution in [0.5, 0.6) is 0 Å². The first kappa shape index (κ1) is 10.0. The van der Waals surface area contributed by atoms with Crippen molar-refractivity contribution in [1.29, 1.82) is 0 Å². The number of fused-ring (bicyclic) bond motifs is 1. The summed E-state index contributed by atoms with van der Waals surface area (Å²) in [4.78, 5) is 3.00. The average molecular weight is 329 g/mol. The van der Waals surface area contributed by atoms with Crippen LogP contribution in [-0.4, -0.2) is 0 Å². The average Bonchev–Trinajstić information content (AvgIpc) is 2.30. The van der Waals surface area contributed by atoms with E-state index in [4.69, 9.17) is 0 Å². The molecule has 0 amide bonds. The normalized spacial score (nSPS) is 19.9. The van der Waals surface area contributed by atoms with Gasteiger partial charge in [0, 0.05) is 15.5 Å². The predicted octanol–water partition coefficient (Wildman–Crippen LogP) is 4.73. The highest BCUT2D eigenvalue weighted by atomic mass is 127. The van der Waals surface area contributed by atoms with Gasteiger partial charge in [-0.15, -0.1) is 0 Å². The number of halogens is 1. The van der Waals surface area contributed by atoms with Crippen LogP contribution in [-0.2, 0) is 0 Å². The number of thioether (sulfide) groups is 1. The molecule has 0 aromatic heterocycles. The van der Waals surface area contributed by atoms with E-state index < -0.39 is 0 Å². The van der Waals surface area contributed by atoms with Crippen molar-refractivity contribution in [3.8, 4) is 0 Å². The highest BCUT2D eigenvalue weighted by molar-refractivity contribution is 14.1. The number of benzene rings is 1. The molecule has 1 aliphatic carbocycles. The molecule has 78 valence electrons. The lowest BCUT2D eigenvalue weighted by molar-refractivity contribution is 0.689. The minimum atomic E-state index is 1.25. The van der Waals surface area contributed by atoms with Crippen LogP contribution in [0.3, 0.4) is 0 Å². The van der Waals surface area contributed by atoms with Gasteiger partial charge in [-0.05, 0) is 37.8 Å². The molecular weight excluding hydrogens is 317 g/mol. The fourth-order valence-electron chi connectivity index (χ4n) is 2.16. The van der Waals surface area contributed by atoms with Gasteiger partial charge in [0.2, 0.25) is 0 Å². The molecule has 0 N–H and O–H groups in total. The van der Waals surface area contributed by atoms with Gasteiger partial charge < -0.3 is 0 Å². The summed E-state index contributed by atoms with van der Waals surface area (Å²) in [6.45, 7) is 0. The van der Waals surface area contributed by atoms with Crippen LogP contribution in [0.1, 0.15) is 25.7 Å². The molecule has 0 fully saturated rings. The lowest BCUT2D eigenvalue weighted by Gasteiger charge is -2.32. The molecule has 2 aliphatic rings. The van der Waals surface area contributed by atoms with E-state index in [0.29, 0.717) is 0 Å². The van der Waals surface area contributed by atoms with Crippen molar-refractivity contribution in [1.82, 2.24) is 0 Å². The summed E-state index contributed by atoms with van der Waals surface area (Å²) in [6.07, 6.45) is 5.23. The molecule has 0 saturated carbocycles. The van der Waals surface area contributed by atoms with Gasteiger partial charge in [0.1, 0.15) is 0 Å². The maximum absolute atomic E-state index is 2.44. The summed E-state index contributed by atoms with van der Waals surface area (Å²) in [6, 6.07) is 8.70. The van der Waals surface area contributed by atoms with Crippen LogP contribution in [0, 0.1) is 0 Å². The van der Waals surface area contributed by atoms with E-state index in [2.05, 4.69) is 50.2 Å². The minimum absolute atomic E-state index is 1.25. The number of hydrogen-bond donors (Lipinski definition) is 0. The zero-order chi connectivity index (χ0) is 10.3. The van der Waals surface area contributed by atoms with Crippen molar-refractivity contribution in [3.63, 3.8) is 0 Å². The van der Waals surface area contributed by atoms with E-state index in [9.17, 15) is 0 Å². The quantitative estimate of drug-likeness (QED) is 0.500. The van der Waals surface area contributed by atoms with Crippen LogP contribution < -0.4 is 3.11 Å². The maximum Gasteiger partial charge on any atom is 0.0646 e. The van der Waals surface area contributed by atoms with E-state index in [1.165, 1.54) is 36.3 Å². The fourth-order valence-corrected chi connectivity index (χ4v) is 4.68. The van der Waals surface area contributed by atoms with Gasteiger partial charge in [-0.2, -0.15) is 0 Å². The van der Waals surface area contributed by atoms with Crippen molar-refractivity contribution < 1.29 is 0 Å². The van der Waals surface area contributed by atoms with E-state index >= 15 is 0 Å². The van der Waals surface area contributed by atoms with Gasteiger partial charge in [0.25, 0.3) is 0 Å². The highest BCUT2D eigenvalue weighted by Gasteiger charge is 2.25.